The van der Waals surface area contributed by atoms with Crippen molar-refractivity contribution in [2.75, 3.05) is 0 Å². The van der Waals surface area contributed by atoms with Gasteiger partial charge in [0.1, 0.15) is 11.5 Å². The summed E-state index contributed by atoms with van der Waals surface area (Å²) in [6.45, 7) is 0. The molecule has 2 nitrogen and oxygen atoms in total. The monoisotopic (exact) mass is 302 g/mol. The molecule has 0 fully saturated rings. The molecular weight excluding hydrogens is 293 g/mol. The SMILES string of the molecule is OC(F)(c1ccccc1Oc1ccc(Cl)cc1)C(F)F. The first kappa shape index (κ1) is 14.7. The van der Waals surface area contributed by atoms with Gasteiger partial charge in [0.25, 0.3) is 5.85 Å². The Morgan fingerprint density at radius 2 is 1.65 bits per heavy atom. The maximum absolute atomic E-state index is 13.7. The van der Waals surface area contributed by atoms with Gasteiger partial charge in [0.15, 0.2) is 0 Å². The van der Waals surface area contributed by atoms with E-state index in [9.17, 15) is 18.3 Å². The number of halogens is 4. The summed E-state index contributed by atoms with van der Waals surface area (Å²) >= 11 is 5.71. The van der Waals surface area contributed by atoms with Crippen LogP contribution in [0.1, 0.15) is 5.56 Å². The quantitative estimate of drug-likeness (QED) is 0.900. The first-order valence-corrected chi connectivity index (χ1v) is 6.01. The Balaban J connectivity index is 2.35. The van der Waals surface area contributed by atoms with Gasteiger partial charge in [-0.1, -0.05) is 23.7 Å². The van der Waals surface area contributed by atoms with Crippen LogP contribution in [0.25, 0.3) is 0 Å². The number of alkyl halides is 3. The zero-order chi connectivity index (χ0) is 14.8. The largest absolute Gasteiger partial charge is 0.457 e. The van der Waals surface area contributed by atoms with Crippen molar-refractivity contribution in [3.05, 3.63) is 59.1 Å². The number of ether oxygens (including phenoxy) is 1. The zero-order valence-corrected chi connectivity index (χ0v) is 10.8. The van der Waals surface area contributed by atoms with E-state index in [0.29, 0.717) is 5.02 Å². The Bertz CT molecular complexity index is 585. The van der Waals surface area contributed by atoms with Gasteiger partial charge in [-0.05, 0) is 36.4 Å². The summed E-state index contributed by atoms with van der Waals surface area (Å²) in [7, 11) is 0. The predicted octanol–water partition coefficient (Wildman–Crippen LogP) is 4.51. The molecule has 0 heterocycles. The van der Waals surface area contributed by atoms with E-state index in [-0.39, 0.29) is 11.5 Å². The fraction of sp³-hybridized carbons (Fsp3) is 0.143. The molecule has 1 atom stereocenters. The molecule has 0 bridgehead atoms. The molecule has 6 heteroatoms. The highest BCUT2D eigenvalue weighted by Crippen LogP contribution is 2.37. The maximum Gasteiger partial charge on any atom is 0.300 e. The second-order valence-electron chi connectivity index (χ2n) is 4.03. The van der Waals surface area contributed by atoms with Crippen LogP contribution < -0.4 is 4.74 Å². The molecule has 2 aromatic rings. The van der Waals surface area contributed by atoms with Gasteiger partial charge in [-0.15, -0.1) is 0 Å². The second kappa shape index (κ2) is 5.73. The molecule has 0 aromatic heterocycles. The highest BCUT2D eigenvalue weighted by molar-refractivity contribution is 6.30. The van der Waals surface area contributed by atoms with Crippen molar-refractivity contribution < 1.29 is 23.0 Å². The van der Waals surface area contributed by atoms with Crippen molar-refractivity contribution in [3.63, 3.8) is 0 Å². The van der Waals surface area contributed by atoms with Crippen molar-refractivity contribution in [1.29, 1.82) is 0 Å². The first-order valence-electron chi connectivity index (χ1n) is 5.63. The second-order valence-corrected chi connectivity index (χ2v) is 4.46. The lowest BCUT2D eigenvalue weighted by Gasteiger charge is -2.21. The van der Waals surface area contributed by atoms with Crippen molar-refractivity contribution in [2.24, 2.45) is 0 Å². The van der Waals surface area contributed by atoms with E-state index in [1.54, 1.807) is 0 Å². The van der Waals surface area contributed by atoms with Crippen LogP contribution in [0.3, 0.4) is 0 Å². The lowest BCUT2D eigenvalue weighted by molar-refractivity contribution is -0.195. The average Bonchev–Trinajstić information content (AvgIpc) is 2.41. The molecule has 0 saturated heterocycles. The van der Waals surface area contributed by atoms with E-state index < -0.39 is 17.8 Å². The van der Waals surface area contributed by atoms with Gasteiger partial charge in [0.2, 0.25) is 0 Å². The smallest absolute Gasteiger partial charge is 0.300 e. The predicted molar refractivity (Wildman–Crippen MR) is 69.0 cm³/mol. The molecule has 106 valence electrons. The molecule has 1 unspecified atom stereocenters. The topological polar surface area (TPSA) is 29.5 Å². The summed E-state index contributed by atoms with van der Waals surface area (Å²) < 4.78 is 44.1. The van der Waals surface area contributed by atoms with Crippen LogP contribution in [0.2, 0.25) is 5.02 Å². The fourth-order valence-corrected chi connectivity index (χ4v) is 1.72. The van der Waals surface area contributed by atoms with Crippen molar-refractivity contribution >= 4 is 11.6 Å². The molecule has 0 spiro atoms. The lowest BCUT2D eigenvalue weighted by Crippen LogP contribution is -2.29. The van der Waals surface area contributed by atoms with Crippen LogP contribution in [0.5, 0.6) is 11.5 Å². The number of rotatable bonds is 4. The molecule has 0 saturated carbocycles. The van der Waals surface area contributed by atoms with Crippen LogP contribution in [-0.2, 0) is 5.85 Å². The number of para-hydroxylation sites is 1. The third-order valence-corrected chi connectivity index (χ3v) is 2.85. The first-order chi connectivity index (χ1) is 9.41. The van der Waals surface area contributed by atoms with Gasteiger partial charge >= 0.3 is 6.43 Å². The Kier molecular flexibility index (Phi) is 4.20. The highest BCUT2D eigenvalue weighted by Gasteiger charge is 2.42. The Morgan fingerprint density at radius 1 is 1.05 bits per heavy atom. The van der Waals surface area contributed by atoms with E-state index in [0.717, 1.165) is 6.07 Å². The highest BCUT2D eigenvalue weighted by atomic mass is 35.5. The summed E-state index contributed by atoms with van der Waals surface area (Å²) in [5, 5.41) is 9.72. The zero-order valence-electron chi connectivity index (χ0n) is 10.1. The number of benzene rings is 2. The summed E-state index contributed by atoms with van der Waals surface area (Å²) in [5.41, 5.74) is -0.634. The van der Waals surface area contributed by atoms with Crippen molar-refractivity contribution in [2.45, 2.75) is 12.3 Å². The lowest BCUT2D eigenvalue weighted by atomic mass is 10.1. The standard InChI is InChI=1S/C14H10ClF3O2/c15-9-5-7-10(8-6-9)20-12-4-2-1-3-11(12)14(18,19)13(16)17/h1-8,13,19H. The summed E-state index contributed by atoms with van der Waals surface area (Å²) in [6, 6.07) is 11.2. The molecule has 0 aliphatic rings. The summed E-state index contributed by atoms with van der Waals surface area (Å²) in [4.78, 5) is 0. The summed E-state index contributed by atoms with van der Waals surface area (Å²) in [5.74, 6) is -3.68. The number of hydrogen-bond acceptors (Lipinski definition) is 2. The van der Waals surface area contributed by atoms with Gasteiger partial charge in [0, 0.05) is 5.02 Å². The van der Waals surface area contributed by atoms with Crippen molar-refractivity contribution in [3.8, 4) is 11.5 Å². The number of aliphatic hydroxyl groups is 1. The minimum Gasteiger partial charge on any atom is -0.457 e. The summed E-state index contributed by atoms with van der Waals surface area (Å²) in [6.07, 6.45) is -3.59. The van der Waals surface area contributed by atoms with E-state index in [2.05, 4.69) is 0 Å². The molecular formula is C14H10ClF3O2. The van der Waals surface area contributed by atoms with Gasteiger partial charge in [-0.25, -0.2) is 13.2 Å². The molecule has 1 N–H and O–H groups in total. The molecule has 0 aliphatic carbocycles. The van der Waals surface area contributed by atoms with E-state index in [1.165, 1.54) is 42.5 Å². The molecule has 2 rings (SSSR count). The van der Waals surface area contributed by atoms with E-state index in [4.69, 9.17) is 16.3 Å². The van der Waals surface area contributed by atoms with Crippen LogP contribution in [0.4, 0.5) is 13.2 Å². The average molecular weight is 303 g/mol. The molecule has 2 aromatic carbocycles. The Morgan fingerprint density at radius 3 is 2.25 bits per heavy atom. The van der Waals surface area contributed by atoms with Gasteiger partial charge in [-0.2, -0.15) is 0 Å². The van der Waals surface area contributed by atoms with Crippen LogP contribution >= 0.6 is 11.6 Å². The fourth-order valence-electron chi connectivity index (χ4n) is 1.59. The van der Waals surface area contributed by atoms with Crippen LogP contribution in [0.15, 0.2) is 48.5 Å². The number of hydrogen-bond donors (Lipinski definition) is 1. The third-order valence-electron chi connectivity index (χ3n) is 2.60. The van der Waals surface area contributed by atoms with Crippen LogP contribution in [-0.4, -0.2) is 11.5 Å². The van der Waals surface area contributed by atoms with E-state index >= 15 is 0 Å². The van der Waals surface area contributed by atoms with E-state index in [1.807, 2.05) is 0 Å². The molecule has 0 aliphatic heterocycles. The Labute approximate surface area is 118 Å². The van der Waals surface area contributed by atoms with Gasteiger partial charge in [0.05, 0.1) is 5.56 Å². The maximum atomic E-state index is 13.7. The molecule has 20 heavy (non-hydrogen) atoms. The molecule has 0 amide bonds. The molecule has 0 radical (unpaired) electrons. The van der Waals surface area contributed by atoms with Crippen molar-refractivity contribution in [1.82, 2.24) is 0 Å². The minimum atomic E-state index is -3.77. The van der Waals surface area contributed by atoms with Gasteiger partial charge < -0.3 is 9.84 Å². The normalized spacial score (nSPS) is 14.1. The third kappa shape index (κ3) is 3.05. The minimum absolute atomic E-state index is 0.194. The Hall–Kier alpha value is -1.72. The van der Waals surface area contributed by atoms with Gasteiger partial charge in [-0.3, -0.25) is 0 Å². The van der Waals surface area contributed by atoms with Crippen LogP contribution in [0, 0.1) is 0 Å².